The molecule has 1 aliphatic rings. The highest BCUT2D eigenvalue weighted by Gasteiger charge is 2.28. The summed E-state index contributed by atoms with van der Waals surface area (Å²) in [6.45, 7) is 5.51. The van der Waals surface area contributed by atoms with E-state index in [9.17, 15) is 14.9 Å². The largest absolute Gasteiger partial charge is 0.336 e. The molecule has 0 N–H and O–H groups in total. The Bertz CT molecular complexity index is 542. The van der Waals surface area contributed by atoms with E-state index in [1.54, 1.807) is 24.0 Å². The van der Waals surface area contributed by atoms with Crippen LogP contribution in [0.15, 0.2) is 18.2 Å². The number of rotatable bonds is 4. The van der Waals surface area contributed by atoms with Gasteiger partial charge >= 0.3 is 0 Å². The fourth-order valence-corrected chi connectivity index (χ4v) is 3.04. The van der Waals surface area contributed by atoms with Gasteiger partial charge in [-0.1, -0.05) is 28.1 Å². The number of aryl methyl sites for hydroxylation is 1. The number of halogens is 1. The van der Waals surface area contributed by atoms with Gasteiger partial charge in [-0.15, -0.1) is 0 Å². The van der Waals surface area contributed by atoms with Crippen LogP contribution in [0, 0.1) is 17.0 Å². The van der Waals surface area contributed by atoms with E-state index >= 15 is 0 Å². The molecule has 2 rings (SSSR count). The van der Waals surface area contributed by atoms with Crippen molar-refractivity contribution in [2.24, 2.45) is 0 Å². The molecule has 7 heteroatoms. The molecule has 1 saturated heterocycles. The Labute approximate surface area is 132 Å². The first-order valence-corrected chi connectivity index (χ1v) is 7.98. The number of nitro groups is 1. The molecule has 1 fully saturated rings. The fraction of sp³-hybridized carbons (Fsp3) is 0.500. The van der Waals surface area contributed by atoms with E-state index in [1.807, 2.05) is 0 Å². The maximum Gasteiger partial charge on any atom is 0.282 e. The molecular weight excluding hydrogens is 338 g/mol. The Morgan fingerprint density at radius 2 is 2.00 bits per heavy atom. The van der Waals surface area contributed by atoms with Gasteiger partial charge in [-0.2, -0.15) is 0 Å². The number of carbonyl (C=O) groups excluding carboxylic acids is 1. The van der Waals surface area contributed by atoms with Gasteiger partial charge in [0.1, 0.15) is 5.56 Å². The molecule has 0 aromatic heterocycles. The summed E-state index contributed by atoms with van der Waals surface area (Å²) < 4.78 is 0. The van der Waals surface area contributed by atoms with E-state index in [0.717, 1.165) is 25.0 Å². The van der Waals surface area contributed by atoms with Crippen molar-refractivity contribution >= 4 is 27.5 Å². The molecule has 0 bridgehead atoms. The monoisotopic (exact) mass is 355 g/mol. The molecule has 114 valence electrons. The average molecular weight is 356 g/mol. The lowest BCUT2D eigenvalue weighted by Gasteiger charge is -2.34. The zero-order valence-electron chi connectivity index (χ0n) is 11.9. The molecule has 1 aliphatic heterocycles. The molecule has 0 atom stereocenters. The van der Waals surface area contributed by atoms with E-state index in [0.29, 0.717) is 18.7 Å². The number of amides is 1. The third-order valence-electron chi connectivity index (χ3n) is 3.72. The van der Waals surface area contributed by atoms with Crippen molar-refractivity contribution in [2.45, 2.75) is 6.92 Å². The molecular formula is C14H18BrN3O3. The Morgan fingerprint density at radius 3 is 2.57 bits per heavy atom. The number of alkyl halides is 1. The van der Waals surface area contributed by atoms with E-state index in [-0.39, 0.29) is 17.2 Å². The first-order valence-electron chi connectivity index (χ1n) is 6.86. The summed E-state index contributed by atoms with van der Waals surface area (Å²) >= 11 is 3.40. The Balaban J connectivity index is 2.16. The van der Waals surface area contributed by atoms with Crippen LogP contribution >= 0.6 is 15.9 Å². The van der Waals surface area contributed by atoms with Crippen LogP contribution in [-0.4, -0.2) is 58.7 Å². The van der Waals surface area contributed by atoms with E-state index in [2.05, 4.69) is 20.8 Å². The second-order valence-electron chi connectivity index (χ2n) is 5.05. The molecule has 1 aromatic rings. The predicted octanol–water partition coefficient (Wildman–Crippen LogP) is 2.06. The summed E-state index contributed by atoms with van der Waals surface area (Å²) in [5.41, 5.74) is 0.761. The van der Waals surface area contributed by atoms with E-state index in [4.69, 9.17) is 0 Å². The number of nitro benzene ring substituents is 1. The van der Waals surface area contributed by atoms with Crippen molar-refractivity contribution in [3.05, 3.63) is 39.4 Å². The second kappa shape index (κ2) is 7.00. The lowest BCUT2D eigenvalue weighted by Crippen LogP contribution is -2.49. The molecule has 1 heterocycles. The number of benzene rings is 1. The van der Waals surface area contributed by atoms with Crippen LogP contribution in [0.5, 0.6) is 0 Å². The average Bonchev–Trinajstić information content (AvgIpc) is 2.47. The number of nitrogens with zero attached hydrogens (tertiary/aromatic N) is 3. The highest BCUT2D eigenvalue weighted by molar-refractivity contribution is 9.09. The lowest BCUT2D eigenvalue weighted by molar-refractivity contribution is -0.385. The summed E-state index contributed by atoms with van der Waals surface area (Å²) in [6, 6.07) is 4.74. The molecule has 0 spiro atoms. The highest BCUT2D eigenvalue weighted by Crippen LogP contribution is 2.24. The molecule has 1 aromatic carbocycles. The normalized spacial score (nSPS) is 16.0. The van der Waals surface area contributed by atoms with Gasteiger partial charge in [0.2, 0.25) is 0 Å². The Kier molecular flexibility index (Phi) is 5.30. The predicted molar refractivity (Wildman–Crippen MR) is 84.0 cm³/mol. The van der Waals surface area contributed by atoms with Gasteiger partial charge in [0, 0.05) is 44.1 Å². The summed E-state index contributed by atoms with van der Waals surface area (Å²) in [5, 5.41) is 12.0. The number of carbonyl (C=O) groups is 1. The molecule has 21 heavy (non-hydrogen) atoms. The van der Waals surface area contributed by atoms with Gasteiger partial charge in [0.25, 0.3) is 11.6 Å². The van der Waals surface area contributed by atoms with E-state index in [1.165, 1.54) is 6.07 Å². The number of hydrogen-bond donors (Lipinski definition) is 0. The summed E-state index contributed by atoms with van der Waals surface area (Å²) in [4.78, 5) is 27.2. The Hall–Kier alpha value is -1.47. The van der Waals surface area contributed by atoms with Crippen LogP contribution in [0.1, 0.15) is 15.9 Å². The van der Waals surface area contributed by atoms with Crippen molar-refractivity contribution in [3.8, 4) is 0 Å². The zero-order valence-corrected chi connectivity index (χ0v) is 13.5. The molecule has 0 unspecified atom stereocenters. The van der Waals surface area contributed by atoms with Crippen molar-refractivity contribution in [2.75, 3.05) is 38.1 Å². The molecule has 1 amide bonds. The van der Waals surface area contributed by atoms with Crippen molar-refractivity contribution in [3.63, 3.8) is 0 Å². The summed E-state index contributed by atoms with van der Waals surface area (Å²) in [6.07, 6.45) is 0. The Morgan fingerprint density at radius 1 is 1.33 bits per heavy atom. The topological polar surface area (TPSA) is 66.7 Å². The molecule has 0 radical (unpaired) electrons. The summed E-state index contributed by atoms with van der Waals surface area (Å²) in [5.74, 6) is -0.238. The van der Waals surface area contributed by atoms with Crippen LogP contribution in [0.2, 0.25) is 0 Å². The zero-order chi connectivity index (χ0) is 15.4. The van der Waals surface area contributed by atoms with Gasteiger partial charge in [-0.05, 0) is 12.5 Å². The van der Waals surface area contributed by atoms with Gasteiger partial charge in [0.05, 0.1) is 4.92 Å². The van der Waals surface area contributed by atoms with E-state index < -0.39 is 4.92 Å². The van der Waals surface area contributed by atoms with Crippen molar-refractivity contribution in [1.29, 1.82) is 0 Å². The maximum absolute atomic E-state index is 12.6. The van der Waals surface area contributed by atoms with Gasteiger partial charge in [-0.3, -0.25) is 19.8 Å². The number of hydrogen-bond acceptors (Lipinski definition) is 4. The van der Waals surface area contributed by atoms with Crippen LogP contribution < -0.4 is 0 Å². The van der Waals surface area contributed by atoms with Gasteiger partial charge in [-0.25, -0.2) is 0 Å². The minimum atomic E-state index is -0.485. The SMILES string of the molecule is Cc1cccc([N+](=O)[O-])c1C(=O)N1CCN(CCBr)CC1. The molecule has 6 nitrogen and oxygen atoms in total. The van der Waals surface area contributed by atoms with Gasteiger partial charge in [0.15, 0.2) is 0 Å². The third-order valence-corrected chi connectivity index (χ3v) is 4.08. The van der Waals surface area contributed by atoms with Crippen molar-refractivity contribution < 1.29 is 9.72 Å². The van der Waals surface area contributed by atoms with Crippen molar-refractivity contribution in [1.82, 2.24) is 9.80 Å². The molecule has 0 aliphatic carbocycles. The van der Waals surface area contributed by atoms with Gasteiger partial charge < -0.3 is 4.90 Å². The van der Waals surface area contributed by atoms with Crippen LogP contribution in [0.3, 0.4) is 0 Å². The van der Waals surface area contributed by atoms with Crippen LogP contribution in [0.25, 0.3) is 0 Å². The number of piperazine rings is 1. The minimum Gasteiger partial charge on any atom is -0.336 e. The molecule has 0 saturated carbocycles. The summed E-state index contributed by atoms with van der Waals surface area (Å²) in [7, 11) is 0. The second-order valence-corrected chi connectivity index (χ2v) is 5.84. The smallest absolute Gasteiger partial charge is 0.282 e. The standard InChI is InChI=1S/C14H18BrN3O3/c1-11-3-2-4-12(18(20)21)13(11)14(19)17-9-7-16(6-5-15)8-10-17/h2-4H,5-10H2,1H3. The lowest BCUT2D eigenvalue weighted by atomic mass is 10.0. The van der Waals surface area contributed by atoms with Crippen LogP contribution in [0.4, 0.5) is 5.69 Å². The first-order chi connectivity index (χ1) is 10.0. The highest BCUT2D eigenvalue weighted by atomic mass is 79.9. The third kappa shape index (κ3) is 3.59. The minimum absolute atomic E-state index is 0.108. The maximum atomic E-state index is 12.6. The fourth-order valence-electron chi connectivity index (χ4n) is 2.53. The first kappa shape index (κ1) is 15.9. The van der Waals surface area contributed by atoms with Crippen LogP contribution in [-0.2, 0) is 0 Å². The quantitative estimate of drug-likeness (QED) is 0.471.